The summed E-state index contributed by atoms with van der Waals surface area (Å²) in [6.07, 6.45) is 0. The van der Waals surface area contributed by atoms with Crippen LogP contribution in [0.3, 0.4) is 0 Å². The topological polar surface area (TPSA) is 65.2 Å². The number of aryl methyl sites for hydroxylation is 1. The Hall–Kier alpha value is -2.57. The van der Waals surface area contributed by atoms with E-state index in [9.17, 15) is 4.39 Å². The first kappa shape index (κ1) is 10.6. The lowest BCUT2D eigenvalue weighted by Crippen LogP contribution is -1.97. The fourth-order valence-electron chi connectivity index (χ4n) is 1.45. The Morgan fingerprint density at radius 2 is 2.11 bits per heavy atom. The lowest BCUT2D eigenvalue weighted by Gasteiger charge is -2.05. The number of hydrogen-bond donors (Lipinski definition) is 0. The monoisotopic (exact) mass is 245 g/mol. The van der Waals surface area contributed by atoms with Crippen LogP contribution in [0.2, 0.25) is 0 Å². The van der Waals surface area contributed by atoms with Crippen LogP contribution in [0.25, 0.3) is 5.65 Å². The van der Waals surface area contributed by atoms with E-state index in [1.165, 1.54) is 10.7 Å². The number of nitrogens with zero attached hydrogens (tertiary/aromatic N) is 5. The zero-order valence-corrected chi connectivity index (χ0v) is 9.41. The molecule has 18 heavy (non-hydrogen) atoms. The third kappa shape index (κ3) is 1.86. The summed E-state index contributed by atoms with van der Waals surface area (Å²) >= 11 is 0. The van der Waals surface area contributed by atoms with Crippen molar-refractivity contribution < 1.29 is 9.13 Å². The molecule has 0 amide bonds. The summed E-state index contributed by atoms with van der Waals surface area (Å²) in [7, 11) is 0. The molecule has 0 aliphatic carbocycles. The number of fused-ring (bicyclic) bond motifs is 1. The Morgan fingerprint density at radius 1 is 1.22 bits per heavy atom. The molecule has 3 rings (SSSR count). The van der Waals surface area contributed by atoms with Crippen LogP contribution in [0.4, 0.5) is 4.39 Å². The van der Waals surface area contributed by atoms with Gasteiger partial charge in [0.05, 0.1) is 0 Å². The van der Waals surface area contributed by atoms with Gasteiger partial charge in [-0.05, 0) is 35.0 Å². The van der Waals surface area contributed by atoms with Gasteiger partial charge in [0.2, 0.25) is 5.88 Å². The summed E-state index contributed by atoms with van der Waals surface area (Å²) in [5.74, 6) is 0.340. The number of hydrogen-bond acceptors (Lipinski definition) is 5. The molecule has 0 atom stereocenters. The van der Waals surface area contributed by atoms with Crippen LogP contribution in [0.1, 0.15) is 5.56 Å². The van der Waals surface area contributed by atoms with Crippen molar-refractivity contribution in [3.05, 3.63) is 41.7 Å². The SMILES string of the molecule is Cc1ccc(Oc2ccc3nnnn3n2)cc1F. The van der Waals surface area contributed by atoms with E-state index in [0.29, 0.717) is 17.0 Å². The number of ether oxygens (including phenoxy) is 1. The van der Waals surface area contributed by atoms with Crippen LogP contribution in [0.5, 0.6) is 11.6 Å². The fourth-order valence-corrected chi connectivity index (χ4v) is 1.45. The van der Waals surface area contributed by atoms with Gasteiger partial charge in [0.1, 0.15) is 11.6 Å². The molecule has 0 N–H and O–H groups in total. The molecule has 0 fully saturated rings. The van der Waals surface area contributed by atoms with Gasteiger partial charge in [-0.3, -0.25) is 0 Å². The second-order valence-corrected chi connectivity index (χ2v) is 3.71. The normalized spacial score (nSPS) is 10.8. The predicted molar refractivity (Wildman–Crippen MR) is 59.8 cm³/mol. The van der Waals surface area contributed by atoms with Gasteiger partial charge in [0, 0.05) is 12.1 Å². The van der Waals surface area contributed by atoms with Crippen LogP contribution in [-0.4, -0.2) is 25.3 Å². The molecule has 1 aromatic carbocycles. The molecule has 0 bridgehead atoms. The summed E-state index contributed by atoms with van der Waals surface area (Å²) in [5, 5.41) is 14.8. The van der Waals surface area contributed by atoms with Crippen molar-refractivity contribution in [3.63, 3.8) is 0 Å². The molecule has 0 aliphatic heterocycles. The zero-order valence-electron chi connectivity index (χ0n) is 9.41. The van der Waals surface area contributed by atoms with Gasteiger partial charge in [-0.1, -0.05) is 6.07 Å². The molecule has 0 saturated heterocycles. The first-order chi connectivity index (χ1) is 8.72. The number of benzene rings is 1. The molecule has 90 valence electrons. The first-order valence-electron chi connectivity index (χ1n) is 5.22. The van der Waals surface area contributed by atoms with Gasteiger partial charge in [-0.25, -0.2) is 4.39 Å². The molecule has 0 unspecified atom stereocenters. The molecule has 2 heterocycles. The molecule has 0 aliphatic rings. The minimum atomic E-state index is -0.323. The Balaban J connectivity index is 1.92. The zero-order chi connectivity index (χ0) is 12.5. The molecular formula is C11H8FN5O. The number of halogens is 1. The standard InChI is InChI=1S/C11H8FN5O/c1-7-2-3-8(6-9(7)12)18-11-5-4-10-13-15-16-17(10)14-11/h2-6H,1H3. The average molecular weight is 245 g/mol. The first-order valence-corrected chi connectivity index (χ1v) is 5.22. The van der Waals surface area contributed by atoms with Crippen LogP contribution < -0.4 is 4.74 Å². The molecular weight excluding hydrogens is 237 g/mol. The number of rotatable bonds is 2. The van der Waals surface area contributed by atoms with Gasteiger partial charge >= 0.3 is 0 Å². The largest absolute Gasteiger partial charge is 0.437 e. The molecule has 0 radical (unpaired) electrons. The van der Waals surface area contributed by atoms with Gasteiger partial charge in [-0.2, -0.15) is 0 Å². The van der Waals surface area contributed by atoms with Gasteiger partial charge in [-0.15, -0.1) is 14.8 Å². The van der Waals surface area contributed by atoms with E-state index in [1.54, 1.807) is 31.2 Å². The summed E-state index contributed by atoms with van der Waals surface area (Å²) in [4.78, 5) is 0. The van der Waals surface area contributed by atoms with E-state index in [2.05, 4.69) is 20.6 Å². The maximum absolute atomic E-state index is 13.3. The van der Waals surface area contributed by atoms with E-state index < -0.39 is 0 Å². The van der Waals surface area contributed by atoms with Crippen molar-refractivity contribution in [2.24, 2.45) is 0 Å². The molecule has 6 nitrogen and oxygen atoms in total. The fraction of sp³-hybridized carbons (Fsp3) is 0.0909. The van der Waals surface area contributed by atoms with Crippen molar-refractivity contribution in [2.45, 2.75) is 6.92 Å². The summed E-state index contributed by atoms with van der Waals surface area (Å²) in [5.41, 5.74) is 1.07. The predicted octanol–water partition coefficient (Wildman–Crippen LogP) is 1.76. The maximum Gasteiger partial charge on any atom is 0.239 e. The van der Waals surface area contributed by atoms with E-state index in [1.807, 2.05) is 0 Å². The van der Waals surface area contributed by atoms with E-state index >= 15 is 0 Å². The molecule has 3 aromatic rings. The second-order valence-electron chi connectivity index (χ2n) is 3.71. The van der Waals surface area contributed by atoms with Crippen molar-refractivity contribution in [2.75, 3.05) is 0 Å². The highest BCUT2D eigenvalue weighted by Crippen LogP contribution is 2.21. The quantitative estimate of drug-likeness (QED) is 0.688. The lowest BCUT2D eigenvalue weighted by molar-refractivity contribution is 0.442. The minimum Gasteiger partial charge on any atom is -0.437 e. The van der Waals surface area contributed by atoms with Crippen molar-refractivity contribution in [1.29, 1.82) is 0 Å². The average Bonchev–Trinajstić information content (AvgIpc) is 2.81. The third-order valence-electron chi connectivity index (χ3n) is 2.41. The van der Waals surface area contributed by atoms with Crippen molar-refractivity contribution in [3.8, 4) is 11.6 Å². The Labute approximate surface area is 101 Å². The number of tetrazole rings is 1. The maximum atomic E-state index is 13.3. The summed E-state index contributed by atoms with van der Waals surface area (Å²) in [6, 6.07) is 7.89. The minimum absolute atomic E-state index is 0.290. The van der Waals surface area contributed by atoms with Crippen LogP contribution >= 0.6 is 0 Å². The van der Waals surface area contributed by atoms with E-state index in [4.69, 9.17) is 4.74 Å². The molecule has 7 heteroatoms. The van der Waals surface area contributed by atoms with Crippen LogP contribution in [-0.2, 0) is 0 Å². The van der Waals surface area contributed by atoms with E-state index in [-0.39, 0.29) is 11.7 Å². The molecule has 2 aromatic heterocycles. The Kier molecular flexibility index (Phi) is 2.36. The second kappa shape index (κ2) is 4.02. The van der Waals surface area contributed by atoms with Gasteiger partial charge in [0.25, 0.3) is 0 Å². The van der Waals surface area contributed by atoms with E-state index in [0.717, 1.165) is 0 Å². The summed E-state index contributed by atoms with van der Waals surface area (Å²) < 4.78 is 20.0. The van der Waals surface area contributed by atoms with Gasteiger partial charge in [0.15, 0.2) is 5.65 Å². The number of aromatic nitrogens is 5. The highest BCUT2D eigenvalue weighted by Gasteiger charge is 2.05. The molecule has 0 spiro atoms. The highest BCUT2D eigenvalue weighted by atomic mass is 19.1. The van der Waals surface area contributed by atoms with Crippen LogP contribution in [0.15, 0.2) is 30.3 Å². The smallest absolute Gasteiger partial charge is 0.239 e. The van der Waals surface area contributed by atoms with Crippen LogP contribution in [0, 0.1) is 12.7 Å². The van der Waals surface area contributed by atoms with Crippen molar-refractivity contribution >= 4 is 5.65 Å². The van der Waals surface area contributed by atoms with Crippen molar-refractivity contribution in [1.82, 2.24) is 25.3 Å². The Bertz CT molecular complexity index is 711. The highest BCUT2D eigenvalue weighted by molar-refractivity contribution is 5.36. The lowest BCUT2D eigenvalue weighted by atomic mass is 10.2. The molecule has 0 saturated carbocycles. The summed E-state index contributed by atoms with van der Waals surface area (Å²) in [6.45, 7) is 1.69. The van der Waals surface area contributed by atoms with Gasteiger partial charge < -0.3 is 4.74 Å². The Morgan fingerprint density at radius 3 is 2.94 bits per heavy atom. The third-order valence-corrected chi connectivity index (χ3v) is 2.41.